The largest absolute Gasteiger partial charge is 0.338 e. The fourth-order valence-electron chi connectivity index (χ4n) is 1.44. The van der Waals surface area contributed by atoms with Crippen molar-refractivity contribution in [1.29, 1.82) is 0 Å². The van der Waals surface area contributed by atoms with Crippen molar-refractivity contribution in [3.63, 3.8) is 0 Å². The highest BCUT2D eigenvalue weighted by atomic mass is 35.5. The summed E-state index contributed by atoms with van der Waals surface area (Å²) in [5.74, 6) is 1.27. The van der Waals surface area contributed by atoms with E-state index >= 15 is 0 Å². The predicted molar refractivity (Wildman–Crippen MR) is 73.6 cm³/mol. The quantitative estimate of drug-likeness (QED) is 0.909. The Hall–Kier alpha value is -1.39. The molecule has 0 radical (unpaired) electrons. The summed E-state index contributed by atoms with van der Waals surface area (Å²) < 4.78 is 5.25. The molecule has 2 N–H and O–H groups in total. The third-order valence-corrected chi connectivity index (χ3v) is 2.52. The molecule has 0 spiro atoms. The maximum atomic E-state index is 5.55. The number of halogens is 1. The van der Waals surface area contributed by atoms with E-state index in [1.807, 2.05) is 45.0 Å². The SMILES string of the molecule is CC(C)(C)c1nc(-c2ccc(CN)cc2)no1.Cl. The van der Waals surface area contributed by atoms with E-state index in [-0.39, 0.29) is 17.8 Å². The van der Waals surface area contributed by atoms with Crippen LogP contribution in [0.15, 0.2) is 28.8 Å². The Bertz CT molecular complexity index is 500. The molecule has 0 unspecified atom stereocenters. The van der Waals surface area contributed by atoms with Crippen molar-refractivity contribution in [2.75, 3.05) is 0 Å². The highest BCUT2D eigenvalue weighted by Gasteiger charge is 2.22. The third-order valence-electron chi connectivity index (χ3n) is 2.52. The number of nitrogens with two attached hydrogens (primary N) is 1. The summed E-state index contributed by atoms with van der Waals surface area (Å²) in [4.78, 5) is 4.40. The lowest BCUT2D eigenvalue weighted by molar-refractivity contribution is 0.321. The molecule has 0 saturated carbocycles. The Morgan fingerprint density at radius 2 is 1.78 bits per heavy atom. The Balaban J connectivity index is 0.00000162. The van der Waals surface area contributed by atoms with Gasteiger partial charge in [-0.2, -0.15) is 4.98 Å². The van der Waals surface area contributed by atoms with Gasteiger partial charge in [-0.25, -0.2) is 0 Å². The average molecular weight is 268 g/mol. The summed E-state index contributed by atoms with van der Waals surface area (Å²) >= 11 is 0. The van der Waals surface area contributed by atoms with E-state index in [0.717, 1.165) is 11.1 Å². The zero-order valence-electron chi connectivity index (χ0n) is 10.8. The van der Waals surface area contributed by atoms with Gasteiger partial charge in [0, 0.05) is 17.5 Å². The van der Waals surface area contributed by atoms with Gasteiger partial charge in [-0.3, -0.25) is 0 Å². The van der Waals surface area contributed by atoms with Gasteiger partial charge < -0.3 is 10.3 Å². The van der Waals surface area contributed by atoms with Crippen LogP contribution in [0, 0.1) is 0 Å². The molecule has 98 valence electrons. The first-order chi connectivity index (χ1) is 8.00. The number of rotatable bonds is 2. The minimum Gasteiger partial charge on any atom is -0.338 e. The molecule has 0 fully saturated rings. The number of hydrogen-bond donors (Lipinski definition) is 1. The maximum absolute atomic E-state index is 5.55. The molecule has 0 atom stereocenters. The fraction of sp³-hybridized carbons (Fsp3) is 0.385. The second-order valence-corrected chi connectivity index (χ2v) is 5.07. The van der Waals surface area contributed by atoms with E-state index in [4.69, 9.17) is 10.3 Å². The predicted octanol–water partition coefficient (Wildman–Crippen LogP) is 2.91. The molecule has 0 bridgehead atoms. The molecule has 0 aliphatic rings. The van der Waals surface area contributed by atoms with Gasteiger partial charge in [0.1, 0.15) is 0 Å². The monoisotopic (exact) mass is 267 g/mol. The smallest absolute Gasteiger partial charge is 0.232 e. The Morgan fingerprint density at radius 1 is 1.17 bits per heavy atom. The maximum Gasteiger partial charge on any atom is 0.232 e. The van der Waals surface area contributed by atoms with Gasteiger partial charge in [0.15, 0.2) is 0 Å². The first-order valence-electron chi connectivity index (χ1n) is 5.64. The molecule has 1 aromatic heterocycles. The third kappa shape index (κ3) is 3.09. The number of nitrogens with zero attached hydrogens (tertiary/aromatic N) is 2. The van der Waals surface area contributed by atoms with Crippen molar-refractivity contribution >= 4 is 12.4 Å². The van der Waals surface area contributed by atoms with Crippen molar-refractivity contribution in [3.8, 4) is 11.4 Å². The van der Waals surface area contributed by atoms with Crippen LogP contribution in [0.3, 0.4) is 0 Å². The molecule has 1 aromatic carbocycles. The first kappa shape index (κ1) is 14.7. The molecule has 2 rings (SSSR count). The van der Waals surface area contributed by atoms with Crippen LogP contribution in [0.25, 0.3) is 11.4 Å². The van der Waals surface area contributed by atoms with Gasteiger partial charge in [0.25, 0.3) is 0 Å². The molecule has 5 heteroatoms. The molecule has 2 aromatic rings. The summed E-state index contributed by atoms with van der Waals surface area (Å²) in [6, 6.07) is 7.86. The minimum absolute atomic E-state index is 0. The van der Waals surface area contributed by atoms with E-state index in [1.165, 1.54) is 0 Å². The van der Waals surface area contributed by atoms with Crippen LogP contribution >= 0.6 is 12.4 Å². The average Bonchev–Trinajstić information content (AvgIpc) is 2.78. The number of hydrogen-bond acceptors (Lipinski definition) is 4. The highest BCUT2D eigenvalue weighted by molar-refractivity contribution is 5.85. The lowest BCUT2D eigenvalue weighted by atomic mass is 9.97. The number of benzene rings is 1. The zero-order valence-corrected chi connectivity index (χ0v) is 11.6. The van der Waals surface area contributed by atoms with E-state index in [0.29, 0.717) is 18.3 Å². The summed E-state index contributed by atoms with van der Waals surface area (Å²) in [5.41, 5.74) is 7.46. The van der Waals surface area contributed by atoms with E-state index in [2.05, 4.69) is 10.1 Å². The lowest BCUT2D eigenvalue weighted by Gasteiger charge is -2.10. The molecule has 0 aliphatic heterocycles. The van der Waals surface area contributed by atoms with E-state index < -0.39 is 0 Å². The molecule has 0 saturated heterocycles. The zero-order chi connectivity index (χ0) is 12.5. The standard InChI is InChI=1S/C13H17N3O.ClH/c1-13(2,3)12-15-11(16-17-12)10-6-4-9(8-14)5-7-10;/h4-7H,8,14H2,1-3H3;1H. The van der Waals surface area contributed by atoms with Crippen LogP contribution in [0.2, 0.25) is 0 Å². The molecular weight excluding hydrogens is 250 g/mol. The van der Waals surface area contributed by atoms with Crippen molar-refractivity contribution < 1.29 is 4.52 Å². The van der Waals surface area contributed by atoms with Gasteiger partial charge in [-0.15, -0.1) is 12.4 Å². The molecule has 18 heavy (non-hydrogen) atoms. The van der Waals surface area contributed by atoms with Crippen molar-refractivity contribution in [3.05, 3.63) is 35.7 Å². The van der Waals surface area contributed by atoms with Crippen molar-refractivity contribution in [1.82, 2.24) is 10.1 Å². The highest BCUT2D eigenvalue weighted by Crippen LogP contribution is 2.23. The summed E-state index contributed by atoms with van der Waals surface area (Å²) in [5, 5.41) is 3.99. The molecule has 0 amide bonds. The molecule has 4 nitrogen and oxygen atoms in total. The van der Waals surface area contributed by atoms with Crippen molar-refractivity contribution in [2.45, 2.75) is 32.7 Å². The Labute approximate surface area is 113 Å². The van der Waals surface area contributed by atoms with Gasteiger partial charge >= 0.3 is 0 Å². The Kier molecular flexibility index (Phi) is 4.48. The van der Waals surface area contributed by atoms with Crippen LogP contribution in [0.1, 0.15) is 32.2 Å². The van der Waals surface area contributed by atoms with Crippen molar-refractivity contribution in [2.24, 2.45) is 5.73 Å². The van der Waals surface area contributed by atoms with Gasteiger partial charge in [-0.05, 0) is 5.56 Å². The van der Waals surface area contributed by atoms with Gasteiger partial charge in [-0.1, -0.05) is 50.2 Å². The van der Waals surface area contributed by atoms with E-state index in [9.17, 15) is 0 Å². The van der Waals surface area contributed by atoms with Crippen LogP contribution in [0.4, 0.5) is 0 Å². The number of aromatic nitrogens is 2. The first-order valence-corrected chi connectivity index (χ1v) is 5.64. The molecular formula is C13H18ClN3O. The summed E-state index contributed by atoms with van der Waals surface area (Å²) in [7, 11) is 0. The minimum atomic E-state index is -0.123. The fourth-order valence-corrected chi connectivity index (χ4v) is 1.44. The van der Waals surface area contributed by atoms with Crippen LogP contribution in [-0.4, -0.2) is 10.1 Å². The van der Waals surface area contributed by atoms with Crippen LogP contribution in [-0.2, 0) is 12.0 Å². The van der Waals surface area contributed by atoms with E-state index in [1.54, 1.807) is 0 Å². The molecule has 0 aliphatic carbocycles. The second-order valence-electron chi connectivity index (χ2n) is 5.07. The second kappa shape index (κ2) is 5.50. The topological polar surface area (TPSA) is 64.9 Å². The lowest BCUT2D eigenvalue weighted by Crippen LogP contribution is -2.11. The van der Waals surface area contributed by atoms with Crippen LogP contribution in [0.5, 0.6) is 0 Å². The van der Waals surface area contributed by atoms with Crippen LogP contribution < -0.4 is 5.73 Å². The van der Waals surface area contributed by atoms with Gasteiger partial charge in [0.05, 0.1) is 0 Å². The molecule has 1 heterocycles. The normalized spacial score (nSPS) is 11.1. The Morgan fingerprint density at radius 3 is 2.22 bits per heavy atom. The summed E-state index contributed by atoms with van der Waals surface area (Å²) in [6.45, 7) is 6.67. The summed E-state index contributed by atoms with van der Waals surface area (Å²) in [6.07, 6.45) is 0. The van der Waals surface area contributed by atoms with Gasteiger partial charge in [0.2, 0.25) is 11.7 Å².